The highest BCUT2D eigenvalue weighted by Crippen LogP contribution is 2.42. The predicted octanol–water partition coefficient (Wildman–Crippen LogP) is 5.13. The lowest BCUT2D eigenvalue weighted by molar-refractivity contribution is 0.354. The second-order valence-corrected chi connectivity index (χ2v) is 7.20. The monoisotopic (exact) mass is 406 g/mol. The molecule has 1 saturated carbocycles. The molecule has 20 heavy (non-hydrogen) atoms. The molecule has 0 saturated heterocycles. The molecule has 1 aliphatic rings. The molecule has 1 heterocycles. The molecule has 1 aromatic carbocycles. The number of fused-ring (bicyclic) bond motifs is 1. The first kappa shape index (κ1) is 14.6. The van der Waals surface area contributed by atoms with E-state index in [0.29, 0.717) is 27.3 Å². The van der Waals surface area contributed by atoms with Gasteiger partial charge in [-0.25, -0.2) is 9.37 Å². The van der Waals surface area contributed by atoms with Crippen LogP contribution in [0.1, 0.15) is 38.6 Å². The van der Waals surface area contributed by atoms with E-state index in [2.05, 4.69) is 23.4 Å². The Hall–Kier alpha value is -0.360. The average molecular weight is 407 g/mol. The minimum absolute atomic E-state index is 0.181. The minimum Gasteiger partial charge on any atom is -0.323 e. The fourth-order valence-electron chi connectivity index (χ4n) is 3.31. The Labute approximate surface area is 136 Å². The highest BCUT2D eigenvalue weighted by Gasteiger charge is 2.33. The van der Waals surface area contributed by atoms with Gasteiger partial charge in [0.05, 0.1) is 20.5 Å². The summed E-state index contributed by atoms with van der Waals surface area (Å²) in [6.45, 7) is 4.56. The van der Waals surface area contributed by atoms with Gasteiger partial charge in [0.25, 0.3) is 0 Å². The van der Waals surface area contributed by atoms with Gasteiger partial charge in [-0.15, -0.1) is 11.6 Å². The normalized spacial score (nSPS) is 26.6. The van der Waals surface area contributed by atoms with Crippen LogP contribution in [-0.4, -0.2) is 9.55 Å². The van der Waals surface area contributed by atoms with Crippen molar-refractivity contribution < 1.29 is 4.39 Å². The van der Waals surface area contributed by atoms with Crippen LogP contribution in [-0.2, 0) is 5.88 Å². The summed E-state index contributed by atoms with van der Waals surface area (Å²) in [6.07, 6.45) is 2.32. The van der Waals surface area contributed by atoms with Gasteiger partial charge in [-0.2, -0.15) is 0 Å². The molecule has 0 aliphatic heterocycles. The van der Waals surface area contributed by atoms with E-state index in [1.54, 1.807) is 12.1 Å². The van der Waals surface area contributed by atoms with Gasteiger partial charge in [0.1, 0.15) is 11.6 Å². The van der Waals surface area contributed by atoms with E-state index in [1.165, 1.54) is 6.42 Å². The Morgan fingerprint density at radius 2 is 2.15 bits per heavy atom. The van der Waals surface area contributed by atoms with Crippen molar-refractivity contribution in [1.82, 2.24) is 9.55 Å². The van der Waals surface area contributed by atoms with E-state index in [9.17, 15) is 4.39 Å². The zero-order valence-electron chi connectivity index (χ0n) is 11.5. The Kier molecular flexibility index (Phi) is 3.97. The first-order chi connectivity index (χ1) is 9.52. The molecule has 1 aliphatic carbocycles. The van der Waals surface area contributed by atoms with Crippen LogP contribution in [0.15, 0.2) is 12.1 Å². The quantitative estimate of drug-likeness (QED) is 0.500. The van der Waals surface area contributed by atoms with Gasteiger partial charge in [-0.05, 0) is 53.3 Å². The van der Waals surface area contributed by atoms with Crippen LogP contribution in [0.25, 0.3) is 11.0 Å². The van der Waals surface area contributed by atoms with E-state index in [-0.39, 0.29) is 5.82 Å². The van der Waals surface area contributed by atoms with Gasteiger partial charge in [0.15, 0.2) is 0 Å². The lowest BCUT2D eigenvalue weighted by Crippen LogP contribution is -2.16. The van der Waals surface area contributed by atoms with Crippen LogP contribution in [0.2, 0.25) is 0 Å². The molecule has 0 radical (unpaired) electrons. The summed E-state index contributed by atoms with van der Waals surface area (Å²) in [7, 11) is 0. The molecule has 1 fully saturated rings. The topological polar surface area (TPSA) is 17.8 Å². The second-order valence-electron chi connectivity index (χ2n) is 5.77. The molecular weight excluding hydrogens is 390 g/mol. The number of nitrogens with zero attached hydrogens (tertiary/aromatic N) is 2. The third-order valence-corrected chi connectivity index (χ3v) is 5.74. The van der Waals surface area contributed by atoms with Crippen molar-refractivity contribution in [3.63, 3.8) is 0 Å². The van der Waals surface area contributed by atoms with Crippen molar-refractivity contribution in [3.05, 3.63) is 27.3 Å². The molecule has 0 amide bonds. The van der Waals surface area contributed by atoms with Crippen LogP contribution < -0.4 is 0 Å². The van der Waals surface area contributed by atoms with Crippen LogP contribution in [0.3, 0.4) is 0 Å². The van der Waals surface area contributed by atoms with Gasteiger partial charge in [0, 0.05) is 12.1 Å². The standard InChI is InChI=1S/C15H17ClFIN2/c1-8-3-4-13(9(8)2)20-14-5-10(17)11(18)6-12(14)19-15(20)7-16/h5-6,8-9,13H,3-4,7H2,1-2H3. The SMILES string of the molecule is CC1CCC(n2c(CCl)nc3cc(I)c(F)cc32)C1C. The number of benzene rings is 1. The summed E-state index contributed by atoms with van der Waals surface area (Å²) in [6, 6.07) is 3.79. The summed E-state index contributed by atoms with van der Waals surface area (Å²) in [5, 5.41) is 0. The molecule has 3 atom stereocenters. The van der Waals surface area contributed by atoms with Crippen LogP contribution in [0.5, 0.6) is 0 Å². The molecule has 3 unspecified atom stereocenters. The van der Waals surface area contributed by atoms with E-state index >= 15 is 0 Å². The van der Waals surface area contributed by atoms with E-state index in [1.807, 2.05) is 22.6 Å². The van der Waals surface area contributed by atoms with Gasteiger partial charge in [-0.1, -0.05) is 13.8 Å². The lowest BCUT2D eigenvalue weighted by Gasteiger charge is -2.22. The van der Waals surface area contributed by atoms with Crippen LogP contribution >= 0.6 is 34.2 Å². The van der Waals surface area contributed by atoms with Gasteiger partial charge in [0.2, 0.25) is 0 Å². The number of aromatic nitrogens is 2. The number of rotatable bonds is 2. The van der Waals surface area contributed by atoms with E-state index in [4.69, 9.17) is 11.6 Å². The molecule has 0 spiro atoms. The Morgan fingerprint density at radius 1 is 1.40 bits per heavy atom. The Morgan fingerprint density at radius 3 is 2.75 bits per heavy atom. The van der Waals surface area contributed by atoms with Crippen molar-refractivity contribution in [3.8, 4) is 0 Å². The number of halogens is 3. The molecular formula is C15H17ClFIN2. The molecule has 2 nitrogen and oxygen atoms in total. The van der Waals surface area contributed by atoms with Crippen molar-refractivity contribution in [2.75, 3.05) is 0 Å². The number of hydrogen-bond acceptors (Lipinski definition) is 1. The molecule has 5 heteroatoms. The Balaban J connectivity index is 2.20. The smallest absolute Gasteiger partial charge is 0.138 e. The largest absolute Gasteiger partial charge is 0.323 e. The molecule has 1 aromatic heterocycles. The summed E-state index contributed by atoms with van der Waals surface area (Å²) in [5.74, 6) is 2.30. The molecule has 3 rings (SSSR count). The predicted molar refractivity (Wildman–Crippen MR) is 88.6 cm³/mol. The van der Waals surface area contributed by atoms with Crippen LogP contribution in [0, 0.1) is 21.2 Å². The first-order valence-corrected chi connectivity index (χ1v) is 8.56. The van der Waals surface area contributed by atoms with E-state index < -0.39 is 0 Å². The zero-order valence-corrected chi connectivity index (χ0v) is 14.4. The van der Waals surface area contributed by atoms with E-state index in [0.717, 1.165) is 23.3 Å². The van der Waals surface area contributed by atoms with Gasteiger partial charge < -0.3 is 4.57 Å². The molecule has 0 bridgehead atoms. The minimum atomic E-state index is -0.181. The van der Waals surface area contributed by atoms with Crippen molar-refractivity contribution in [2.24, 2.45) is 11.8 Å². The molecule has 108 valence electrons. The number of imidazole rings is 1. The second kappa shape index (κ2) is 5.44. The lowest BCUT2D eigenvalue weighted by atomic mass is 9.97. The third-order valence-electron chi connectivity index (χ3n) is 4.68. The maximum Gasteiger partial charge on any atom is 0.138 e. The highest BCUT2D eigenvalue weighted by molar-refractivity contribution is 14.1. The van der Waals surface area contributed by atoms with Crippen molar-refractivity contribution in [1.29, 1.82) is 0 Å². The van der Waals surface area contributed by atoms with Gasteiger partial charge in [-0.3, -0.25) is 0 Å². The summed E-state index contributed by atoms with van der Waals surface area (Å²) in [4.78, 5) is 4.60. The highest BCUT2D eigenvalue weighted by atomic mass is 127. The maximum absolute atomic E-state index is 13.9. The summed E-state index contributed by atoms with van der Waals surface area (Å²) < 4.78 is 16.7. The molecule has 0 N–H and O–H groups in total. The van der Waals surface area contributed by atoms with Crippen molar-refractivity contribution in [2.45, 2.75) is 38.6 Å². The fourth-order valence-corrected chi connectivity index (χ4v) is 3.95. The van der Waals surface area contributed by atoms with Crippen molar-refractivity contribution >= 4 is 45.2 Å². The maximum atomic E-state index is 13.9. The number of hydrogen-bond donors (Lipinski definition) is 0. The molecule has 2 aromatic rings. The van der Waals surface area contributed by atoms with Gasteiger partial charge >= 0.3 is 0 Å². The fraction of sp³-hybridized carbons (Fsp3) is 0.533. The third kappa shape index (κ3) is 2.25. The average Bonchev–Trinajstić information content (AvgIpc) is 2.92. The summed E-state index contributed by atoms with van der Waals surface area (Å²) in [5.41, 5.74) is 1.72. The van der Waals surface area contributed by atoms with Crippen LogP contribution in [0.4, 0.5) is 4.39 Å². The summed E-state index contributed by atoms with van der Waals surface area (Å²) >= 11 is 8.07. The first-order valence-electron chi connectivity index (χ1n) is 6.94. The Bertz CT molecular complexity index is 655. The zero-order chi connectivity index (χ0) is 14.4. The number of alkyl halides is 1.